The monoisotopic (exact) mass is 309 g/mol. The van der Waals surface area contributed by atoms with Crippen LogP contribution in [-0.2, 0) is 6.54 Å². The van der Waals surface area contributed by atoms with Crippen LogP contribution in [0.2, 0.25) is 5.02 Å². The number of nitrogens with zero attached hydrogens (tertiary/aromatic N) is 1. The van der Waals surface area contributed by atoms with Crippen molar-refractivity contribution in [2.45, 2.75) is 26.0 Å². The number of thiophene rings is 1. The minimum Gasteiger partial charge on any atom is -0.388 e. The fraction of sp³-hybridized carbons (Fsp3) is 0.375. The van der Waals surface area contributed by atoms with E-state index >= 15 is 0 Å². The second-order valence-corrected chi connectivity index (χ2v) is 6.21. The molecule has 1 aromatic carbocycles. The highest BCUT2D eigenvalue weighted by atomic mass is 35.5. The van der Waals surface area contributed by atoms with E-state index in [0.29, 0.717) is 11.4 Å². The maximum atomic E-state index is 10.3. The molecular weight excluding hydrogens is 290 g/mol. The van der Waals surface area contributed by atoms with Crippen molar-refractivity contribution in [1.29, 1.82) is 0 Å². The van der Waals surface area contributed by atoms with Gasteiger partial charge in [-0.3, -0.25) is 4.90 Å². The first-order valence-electron chi connectivity index (χ1n) is 6.88. The highest BCUT2D eigenvalue weighted by Gasteiger charge is 2.13. The normalized spacial score (nSPS) is 12.8. The number of aliphatic hydroxyl groups excluding tert-OH is 1. The summed E-state index contributed by atoms with van der Waals surface area (Å²) in [6.45, 7) is 4.94. The first-order valence-corrected chi connectivity index (χ1v) is 8.13. The fourth-order valence-corrected chi connectivity index (χ4v) is 3.19. The lowest BCUT2D eigenvalue weighted by molar-refractivity contribution is 0.142. The first-order chi connectivity index (χ1) is 9.70. The minimum atomic E-state index is -0.499. The van der Waals surface area contributed by atoms with Crippen LogP contribution in [0.1, 0.15) is 29.9 Å². The number of hydrogen-bond donors (Lipinski definition) is 1. The van der Waals surface area contributed by atoms with E-state index < -0.39 is 6.10 Å². The molecule has 20 heavy (non-hydrogen) atoms. The van der Waals surface area contributed by atoms with E-state index in [1.54, 1.807) is 11.3 Å². The highest BCUT2D eigenvalue weighted by molar-refractivity contribution is 7.09. The molecule has 1 aromatic heterocycles. The van der Waals surface area contributed by atoms with Crippen LogP contribution in [0, 0.1) is 0 Å². The highest BCUT2D eigenvalue weighted by Crippen LogP contribution is 2.25. The van der Waals surface area contributed by atoms with Crippen molar-refractivity contribution in [3.05, 3.63) is 57.2 Å². The predicted octanol–water partition coefficient (Wildman–Crippen LogP) is 4.35. The third-order valence-electron chi connectivity index (χ3n) is 3.39. The zero-order valence-corrected chi connectivity index (χ0v) is 13.2. The summed E-state index contributed by atoms with van der Waals surface area (Å²) in [6, 6.07) is 11.7. The molecule has 2 nitrogen and oxygen atoms in total. The molecule has 108 valence electrons. The Bertz CT molecular complexity index is 515. The molecule has 2 rings (SSSR count). The topological polar surface area (TPSA) is 23.5 Å². The molecule has 2 aromatic rings. The van der Waals surface area contributed by atoms with Gasteiger partial charge in [0.1, 0.15) is 0 Å². The van der Waals surface area contributed by atoms with Gasteiger partial charge in [0.2, 0.25) is 0 Å². The van der Waals surface area contributed by atoms with E-state index in [2.05, 4.69) is 29.3 Å². The van der Waals surface area contributed by atoms with E-state index in [0.717, 1.165) is 25.2 Å². The molecule has 4 heteroatoms. The Kier molecular flexibility index (Phi) is 6.05. The van der Waals surface area contributed by atoms with Crippen LogP contribution in [0.15, 0.2) is 41.8 Å². The number of hydrogen-bond acceptors (Lipinski definition) is 3. The molecule has 0 aliphatic carbocycles. The fourth-order valence-electron chi connectivity index (χ4n) is 2.18. The van der Waals surface area contributed by atoms with Gasteiger partial charge in [-0.05, 0) is 36.0 Å². The third-order valence-corrected chi connectivity index (χ3v) is 4.60. The quantitative estimate of drug-likeness (QED) is 0.822. The van der Waals surface area contributed by atoms with Gasteiger partial charge in [0.25, 0.3) is 0 Å². The van der Waals surface area contributed by atoms with Crippen LogP contribution in [0.5, 0.6) is 0 Å². The van der Waals surface area contributed by atoms with Crippen LogP contribution in [0.25, 0.3) is 0 Å². The zero-order chi connectivity index (χ0) is 14.4. The summed E-state index contributed by atoms with van der Waals surface area (Å²) in [6.07, 6.45) is 0.198. The summed E-state index contributed by atoms with van der Waals surface area (Å²) in [5.41, 5.74) is 0.821. The van der Waals surface area contributed by atoms with Crippen molar-refractivity contribution in [3.63, 3.8) is 0 Å². The van der Waals surface area contributed by atoms with Gasteiger partial charge in [-0.15, -0.1) is 11.3 Å². The van der Waals surface area contributed by atoms with Crippen molar-refractivity contribution < 1.29 is 5.11 Å². The summed E-state index contributed by atoms with van der Waals surface area (Å²) in [5.74, 6) is 0. The molecule has 1 unspecified atom stereocenters. The van der Waals surface area contributed by atoms with Crippen molar-refractivity contribution in [2.24, 2.45) is 0 Å². The van der Waals surface area contributed by atoms with E-state index in [1.807, 2.05) is 24.3 Å². The molecule has 1 N–H and O–H groups in total. The van der Waals surface area contributed by atoms with Gasteiger partial charge in [-0.1, -0.05) is 42.8 Å². The van der Waals surface area contributed by atoms with Crippen molar-refractivity contribution in [2.75, 3.05) is 13.1 Å². The van der Waals surface area contributed by atoms with E-state index in [9.17, 15) is 5.11 Å². The second-order valence-electron chi connectivity index (χ2n) is 4.77. The maximum Gasteiger partial charge on any atom is 0.0816 e. The number of aliphatic hydroxyl groups is 1. The van der Waals surface area contributed by atoms with Gasteiger partial charge in [-0.2, -0.15) is 0 Å². The molecule has 0 aliphatic heterocycles. The Hall–Kier alpha value is -0.870. The largest absolute Gasteiger partial charge is 0.388 e. The maximum absolute atomic E-state index is 10.3. The average molecular weight is 310 g/mol. The average Bonchev–Trinajstić information content (AvgIpc) is 2.96. The lowest BCUT2D eigenvalue weighted by atomic mass is 10.1. The Balaban J connectivity index is 1.88. The molecule has 0 saturated heterocycles. The third kappa shape index (κ3) is 4.32. The molecule has 0 aliphatic rings. The van der Waals surface area contributed by atoms with E-state index in [1.165, 1.54) is 4.88 Å². The molecule has 0 fully saturated rings. The van der Waals surface area contributed by atoms with Crippen molar-refractivity contribution >= 4 is 22.9 Å². The molecular formula is C16H20ClNOS. The summed E-state index contributed by atoms with van der Waals surface area (Å²) >= 11 is 7.89. The van der Waals surface area contributed by atoms with Crippen LogP contribution >= 0.6 is 22.9 Å². The van der Waals surface area contributed by atoms with Gasteiger partial charge in [0.15, 0.2) is 0 Å². The Morgan fingerprint density at radius 1 is 1.25 bits per heavy atom. The molecule has 0 bridgehead atoms. The van der Waals surface area contributed by atoms with Gasteiger partial charge in [0, 0.05) is 23.0 Å². The molecule has 0 radical (unpaired) electrons. The molecule has 1 atom stereocenters. The van der Waals surface area contributed by atoms with Crippen LogP contribution in [0.4, 0.5) is 0 Å². The predicted molar refractivity (Wildman–Crippen MR) is 86.3 cm³/mol. The molecule has 1 heterocycles. The minimum absolute atomic E-state index is 0.499. The SMILES string of the molecule is CCN(CCC(O)c1ccccc1Cl)Cc1cccs1. The smallest absolute Gasteiger partial charge is 0.0816 e. The number of benzene rings is 1. The first kappa shape index (κ1) is 15.5. The van der Waals surface area contributed by atoms with E-state index in [-0.39, 0.29) is 0 Å². The standard InChI is InChI=1S/C16H20ClNOS/c1-2-18(12-13-6-5-11-20-13)10-9-16(19)14-7-3-4-8-15(14)17/h3-8,11,16,19H,2,9-10,12H2,1H3. The van der Waals surface area contributed by atoms with Crippen molar-refractivity contribution in [3.8, 4) is 0 Å². The van der Waals surface area contributed by atoms with Crippen molar-refractivity contribution in [1.82, 2.24) is 4.90 Å². The summed E-state index contributed by atoms with van der Waals surface area (Å²) in [7, 11) is 0. The Labute approximate surface area is 129 Å². The van der Waals surface area contributed by atoms with Crippen LogP contribution in [0.3, 0.4) is 0 Å². The van der Waals surface area contributed by atoms with E-state index in [4.69, 9.17) is 11.6 Å². The zero-order valence-electron chi connectivity index (χ0n) is 11.6. The molecule has 0 saturated carbocycles. The number of rotatable bonds is 7. The lowest BCUT2D eigenvalue weighted by Gasteiger charge is -2.21. The number of halogens is 1. The summed E-state index contributed by atoms with van der Waals surface area (Å²) < 4.78 is 0. The van der Waals surface area contributed by atoms with Crippen LogP contribution in [-0.4, -0.2) is 23.1 Å². The summed E-state index contributed by atoms with van der Waals surface area (Å²) in [5, 5.41) is 13.0. The van der Waals surface area contributed by atoms with Gasteiger partial charge in [0.05, 0.1) is 6.10 Å². The van der Waals surface area contributed by atoms with Gasteiger partial charge >= 0.3 is 0 Å². The Morgan fingerprint density at radius 2 is 2.05 bits per heavy atom. The Morgan fingerprint density at radius 3 is 2.70 bits per heavy atom. The molecule has 0 amide bonds. The summed E-state index contributed by atoms with van der Waals surface area (Å²) in [4.78, 5) is 3.70. The van der Waals surface area contributed by atoms with Crippen LogP contribution < -0.4 is 0 Å². The second kappa shape index (κ2) is 7.79. The lowest BCUT2D eigenvalue weighted by Crippen LogP contribution is -2.25. The van der Waals surface area contributed by atoms with Gasteiger partial charge < -0.3 is 5.11 Å². The van der Waals surface area contributed by atoms with Gasteiger partial charge in [-0.25, -0.2) is 0 Å². The molecule has 0 spiro atoms.